The first-order valence-electron chi connectivity index (χ1n) is 6.29. The zero-order chi connectivity index (χ0) is 14.2. The Hall–Kier alpha value is -1.54. The van der Waals surface area contributed by atoms with E-state index in [2.05, 4.69) is 4.98 Å². The molecule has 1 aliphatic heterocycles. The van der Waals surface area contributed by atoms with Gasteiger partial charge in [-0.1, -0.05) is 6.07 Å². The number of pyridine rings is 1. The summed E-state index contributed by atoms with van der Waals surface area (Å²) in [6, 6.07) is 8.53. The number of rotatable bonds is 2. The van der Waals surface area contributed by atoms with E-state index in [1.807, 2.05) is 0 Å². The van der Waals surface area contributed by atoms with Gasteiger partial charge in [-0.2, -0.15) is 4.31 Å². The summed E-state index contributed by atoms with van der Waals surface area (Å²) in [5.41, 5.74) is 6.50. The summed E-state index contributed by atoms with van der Waals surface area (Å²) in [5.74, 6) is 0. The molecule has 1 atom stereocenters. The Morgan fingerprint density at radius 1 is 1.30 bits per heavy atom. The molecule has 0 amide bonds. The van der Waals surface area contributed by atoms with Crippen LogP contribution in [-0.4, -0.2) is 43.6 Å². The summed E-state index contributed by atoms with van der Waals surface area (Å²) >= 11 is 0. The number of nitrogens with two attached hydrogens (primary N) is 1. The lowest BCUT2D eigenvalue weighted by Gasteiger charge is -2.32. The molecule has 1 saturated heterocycles. The fourth-order valence-electron chi connectivity index (χ4n) is 2.33. The summed E-state index contributed by atoms with van der Waals surface area (Å²) in [6.07, 6.45) is 0.986. The lowest BCUT2D eigenvalue weighted by atomic mass is 10.2. The summed E-state index contributed by atoms with van der Waals surface area (Å²) in [6.45, 7) is 0.832. The molecular weight excluding hydrogens is 278 g/mol. The second kappa shape index (κ2) is 5.10. The largest absolute Gasteiger partial charge is 0.377 e. The van der Waals surface area contributed by atoms with E-state index < -0.39 is 16.2 Å². The van der Waals surface area contributed by atoms with E-state index in [0.717, 1.165) is 0 Å². The standard InChI is InChI=1S/C13H15N3O3S/c14-13-9-19-8-7-16(13)20(17,18)12-5-1-4-11-10(12)3-2-6-15-11/h1-6,13H,7-9,14H2. The van der Waals surface area contributed by atoms with Crippen molar-refractivity contribution in [2.24, 2.45) is 5.73 Å². The third kappa shape index (κ3) is 2.18. The number of sulfonamides is 1. The fourth-order valence-corrected chi connectivity index (χ4v) is 4.02. The Kier molecular flexibility index (Phi) is 3.43. The number of nitrogens with zero attached hydrogens (tertiary/aromatic N) is 2. The molecule has 1 unspecified atom stereocenters. The Bertz CT molecular complexity index is 727. The number of aromatic nitrogens is 1. The predicted octanol–water partition coefficient (Wildman–Crippen LogP) is 0.540. The topological polar surface area (TPSA) is 85.5 Å². The van der Waals surface area contributed by atoms with Gasteiger partial charge in [0.05, 0.1) is 29.8 Å². The van der Waals surface area contributed by atoms with Crippen molar-refractivity contribution < 1.29 is 13.2 Å². The normalized spacial score (nSPS) is 21.1. The van der Waals surface area contributed by atoms with Gasteiger partial charge in [-0.05, 0) is 24.3 Å². The molecule has 0 bridgehead atoms. The van der Waals surface area contributed by atoms with Crippen molar-refractivity contribution in [1.82, 2.24) is 9.29 Å². The molecule has 1 fully saturated rings. The van der Waals surface area contributed by atoms with Crippen LogP contribution in [0.1, 0.15) is 0 Å². The van der Waals surface area contributed by atoms with Crippen molar-refractivity contribution in [1.29, 1.82) is 0 Å². The monoisotopic (exact) mass is 293 g/mol. The van der Waals surface area contributed by atoms with Gasteiger partial charge in [0, 0.05) is 18.1 Å². The third-order valence-electron chi connectivity index (χ3n) is 3.31. The van der Waals surface area contributed by atoms with Gasteiger partial charge in [0.25, 0.3) is 0 Å². The smallest absolute Gasteiger partial charge is 0.245 e. The first-order valence-corrected chi connectivity index (χ1v) is 7.73. The number of hydrogen-bond donors (Lipinski definition) is 1. The molecule has 7 heteroatoms. The van der Waals surface area contributed by atoms with E-state index in [1.165, 1.54) is 4.31 Å². The second-order valence-electron chi connectivity index (χ2n) is 4.58. The quantitative estimate of drug-likeness (QED) is 0.873. The molecule has 2 N–H and O–H groups in total. The van der Waals surface area contributed by atoms with Crippen LogP contribution in [0, 0.1) is 0 Å². The molecule has 1 aliphatic rings. The van der Waals surface area contributed by atoms with Gasteiger partial charge in [0.1, 0.15) is 0 Å². The summed E-state index contributed by atoms with van der Waals surface area (Å²) < 4.78 is 32.0. The van der Waals surface area contributed by atoms with Gasteiger partial charge in [-0.25, -0.2) is 8.42 Å². The molecule has 106 valence electrons. The molecule has 1 aromatic carbocycles. The zero-order valence-corrected chi connectivity index (χ0v) is 11.6. The number of ether oxygens (including phenoxy) is 1. The van der Waals surface area contributed by atoms with Crippen molar-refractivity contribution in [2.75, 3.05) is 19.8 Å². The summed E-state index contributed by atoms with van der Waals surface area (Å²) in [4.78, 5) is 4.42. The number of morpholine rings is 1. The molecule has 1 aromatic heterocycles. The van der Waals surface area contributed by atoms with Crippen LogP contribution in [0.3, 0.4) is 0 Å². The number of hydrogen-bond acceptors (Lipinski definition) is 5. The minimum Gasteiger partial charge on any atom is -0.377 e. The van der Waals surface area contributed by atoms with E-state index in [-0.39, 0.29) is 18.0 Å². The van der Waals surface area contributed by atoms with E-state index >= 15 is 0 Å². The molecule has 6 nitrogen and oxygen atoms in total. The Labute approximate surface area is 117 Å². The highest BCUT2D eigenvalue weighted by atomic mass is 32.2. The molecule has 2 heterocycles. The Balaban J connectivity index is 2.14. The van der Waals surface area contributed by atoms with E-state index in [4.69, 9.17) is 10.5 Å². The molecule has 0 spiro atoms. The van der Waals surface area contributed by atoms with Crippen LogP contribution in [0.4, 0.5) is 0 Å². The van der Waals surface area contributed by atoms with Gasteiger partial charge in [0.2, 0.25) is 10.0 Å². The Morgan fingerprint density at radius 2 is 2.15 bits per heavy atom. The first kappa shape index (κ1) is 13.4. The zero-order valence-electron chi connectivity index (χ0n) is 10.8. The van der Waals surface area contributed by atoms with Gasteiger partial charge in [0.15, 0.2) is 0 Å². The fraction of sp³-hybridized carbons (Fsp3) is 0.308. The van der Waals surface area contributed by atoms with Gasteiger partial charge >= 0.3 is 0 Å². The van der Waals surface area contributed by atoms with Gasteiger partial charge < -0.3 is 10.5 Å². The number of benzene rings is 1. The maximum Gasteiger partial charge on any atom is 0.245 e. The lowest BCUT2D eigenvalue weighted by molar-refractivity contribution is 0.0350. The van der Waals surface area contributed by atoms with Crippen LogP contribution in [0.15, 0.2) is 41.4 Å². The van der Waals surface area contributed by atoms with Crippen molar-refractivity contribution in [3.8, 4) is 0 Å². The molecule has 3 rings (SSSR count). The highest BCUT2D eigenvalue weighted by Crippen LogP contribution is 2.25. The van der Waals surface area contributed by atoms with Crippen LogP contribution in [0.25, 0.3) is 10.9 Å². The van der Waals surface area contributed by atoms with Crippen molar-refractivity contribution >= 4 is 20.9 Å². The molecule has 0 saturated carbocycles. The van der Waals surface area contributed by atoms with E-state index in [0.29, 0.717) is 17.5 Å². The third-order valence-corrected chi connectivity index (χ3v) is 5.29. The van der Waals surface area contributed by atoms with E-state index in [1.54, 1.807) is 36.5 Å². The highest BCUT2D eigenvalue weighted by molar-refractivity contribution is 7.89. The maximum absolute atomic E-state index is 12.8. The molecule has 0 radical (unpaired) electrons. The van der Waals surface area contributed by atoms with Crippen LogP contribution in [0.2, 0.25) is 0 Å². The molecule has 20 heavy (non-hydrogen) atoms. The average Bonchev–Trinajstić information content (AvgIpc) is 2.47. The molecule has 0 aliphatic carbocycles. The second-order valence-corrected chi connectivity index (χ2v) is 6.44. The first-order chi connectivity index (χ1) is 9.60. The van der Waals surface area contributed by atoms with Crippen LogP contribution < -0.4 is 5.73 Å². The van der Waals surface area contributed by atoms with Crippen LogP contribution in [-0.2, 0) is 14.8 Å². The van der Waals surface area contributed by atoms with Crippen LogP contribution >= 0.6 is 0 Å². The summed E-state index contributed by atoms with van der Waals surface area (Å²) in [7, 11) is -3.65. The minimum absolute atomic E-state index is 0.211. The van der Waals surface area contributed by atoms with Crippen molar-refractivity contribution in [3.63, 3.8) is 0 Å². The average molecular weight is 293 g/mol. The molecule has 2 aromatic rings. The predicted molar refractivity (Wildman–Crippen MR) is 74.4 cm³/mol. The lowest BCUT2D eigenvalue weighted by Crippen LogP contribution is -2.53. The SMILES string of the molecule is NC1COCCN1S(=O)(=O)c1cccc2ncccc12. The van der Waals surface area contributed by atoms with Crippen molar-refractivity contribution in [3.05, 3.63) is 36.5 Å². The van der Waals surface area contributed by atoms with Crippen LogP contribution in [0.5, 0.6) is 0 Å². The van der Waals surface area contributed by atoms with Gasteiger partial charge in [-0.3, -0.25) is 4.98 Å². The van der Waals surface area contributed by atoms with Gasteiger partial charge in [-0.15, -0.1) is 0 Å². The molecular formula is C13H15N3O3S. The van der Waals surface area contributed by atoms with Crippen molar-refractivity contribution in [2.45, 2.75) is 11.1 Å². The van der Waals surface area contributed by atoms with E-state index in [9.17, 15) is 8.42 Å². The maximum atomic E-state index is 12.8. The minimum atomic E-state index is -3.65. The summed E-state index contributed by atoms with van der Waals surface area (Å²) in [5, 5.41) is 0.605. The Morgan fingerprint density at radius 3 is 2.95 bits per heavy atom. The number of fused-ring (bicyclic) bond motifs is 1. The highest BCUT2D eigenvalue weighted by Gasteiger charge is 2.32.